The molecule has 0 aliphatic carbocycles. The molecule has 0 radical (unpaired) electrons. The van der Waals surface area contributed by atoms with Crippen molar-refractivity contribution in [1.82, 2.24) is 0 Å². The number of methoxy groups -OCH3 is 1. The molecule has 0 aromatic heterocycles. The highest BCUT2D eigenvalue weighted by atomic mass is 32.2. The van der Waals surface area contributed by atoms with E-state index < -0.39 is 31.5 Å². The van der Waals surface area contributed by atoms with Crippen molar-refractivity contribution >= 4 is 33.5 Å². The molecule has 1 N–H and O–H groups in total. The lowest BCUT2D eigenvalue weighted by molar-refractivity contribution is -0.385. The Labute approximate surface area is 194 Å². The normalized spacial score (nSPS) is 11.2. The third-order valence-electron chi connectivity index (χ3n) is 4.46. The molecule has 0 saturated heterocycles. The Morgan fingerprint density at radius 3 is 2.41 bits per heavy atom. The summed E-state index contributed by atoms with van der Waals surface area (Å²) in [4.78, 5) is 22.5. The number of carbonyl (C=O) groups is 1. The van der Waals surface area contributed by atoms with Crippen molar-refractivity contribution in [3.8, 4) is 17.6 Å². The summed E-state index contributed by atoms with van der Waals surface area (Å²) >= 11 is 0. The van der Waals surface area contributed by atoms with Crippen molar-refractivity contribution in [3.05, 3.63) is 94.0 Å². The van der Waals surface area contributed by atoms with Crippen molar-refractivity contribution in [1.29, 1.82) is 5.26 Å². The smallest absolute Gasteiger partial charge is 0.339 e. The fourth-order valence-electron chi connectivity index (χ4n) is 2.84. The molecule has 0 fully saturated rings. The molecule has 11 heteroatoms. The molecule has 3 aromatic rings. The van der Waals surface area contributed by atoms with Gasteiger partial charge in [-0.2, -0.15) is 13.7 Å². The number of non-ortho nitro benzene ring substituents is 1. The van der Waals surface area contributed by atoms with Gasteiger partial charge in [-0.05, 0) is 30.3 Å². The number of carbonyl (C=O) groups excluding carboxylic acids is 1. The topological polar surface area (TPSA) is 149 Å². The molecule has 0 unspecified atom stereocenters. The SMILES string of the molecule is COc1ccccc1NC(=O)/C(C#N)=C/c1ccccc1OS(=O)(=O)c1cccc([N+](=O)[O-])c1. The number of para-hydroxylation sites is 3. The summed E-state index contributed by atoms with van der Waals surface area (Å²) in [5.41, 5.74) is -0.274. The van der Waals surface area contributed by atoms with E-state index >= 15 is 0 Å². The first kappa shape index (κ1) is 24.0. The lowest BCUT2D eigenvalue weighted by Crippen LogP contribution is -2.14. The number of nitro groups is 1. The number of nitrogens with one attached hydrogen (secondary N) is 1. The van der Waals surface area contributed by atoms with Gasteiger partial charge in [-0.1, -0.05) is 36.4 Å². The Balaban J connectivity index is 1.92. The van der Waals surface area contributed by atoms with Gasteiger partial charge in [0.05, 0.1) is 17.7 Å². The van der Waals surface area contributed by atoms with Crippen molar-refractivity contribution in [2.45, 2.75) is 4.90 Å². The molecule has 10 nitrogen and oxygen atoms in total. The van der Waals surface area contributed by atoms with Gasteiger partial charge in [0, 0.05) is 17.7 Å². The molecule has 0 bridgehead atoms. The molecule has 172 valence electrons. The van der Waals surface area contributed by atoms with Crippen LogP contribution in [0.5, 0.6) is 11.5 Å². The number of benzene rings is 3. The number of hydrogen-bond donors (Lipinski definition) is 1. The zero-order valence-corrected chi connectivity index (χ0v) is 18.5. The van der Waals surface area contributed by atoms with Crippen LogP contribution in [0.2, 0.25) is 0 Å². The second kappa shape index (κ2) is 10.3. The van der Waals surface area contributed by atoms with Crippen molar-refractivity contribution in [3.63, 3.8) is 0 Å². The highest BCUT2D eigenvalue weighted by Gasteiger charge is 2.21. The number of nitriles is 1. The van der Waals surface area contributed by atoms with Crippen molar-refractivity contribution in [2.75, 3.05) is 12.4 Å². The Morgan fingerprint density at radius 1 is 1.06 bits per heavy atom. The second-order valence-corrected chi connectivity index (χ2v) is 8.20. The first-order valence-corrected chi connectivity index (χ1v) is 11.0. The molecule has 0 heterocycles. The van der Waals surface area contributed by atoms with E-state index in [1.165, 1.54) is 37.5 Å². The van der Waals surface area contributed by atoms with Crippen LogP contribution in [0.1, 0.15) is 5.56 Å². The number of ether oxygens (including phenoxy) is 1. The standard InChI is InChI=1S/C23H17N3O7S/c1-32-22-12-5-3-10-20(22)25-23(27)17(15-24)13-16-7-2-4-11-21(16)33-34(30,31)19-9-6-8-18(14-19)26(28)29/h2-14H,1H3,(H,25,27)/b17-13+. The zero-order valence-electron chi connectivity index (χ0n) is 17.7. The Morgan fingerprint density at radius 2 is 1.74 bits per heavy atom. The Hall–Kier alpha value is -4.69. The fourth-order valence-corrected chi connectivity index (χ4v) is 3.83. The van der Waals surface area contributed by atoms with E-state index in [9.17, 15) is 28.6 Å². The summed E-state index contributed by atoms with van der Waals surface area (Å²) in [6, 6.07) is 18.6. The maximum absolute atomic E-state index is 12.7. The average Bonchev–Trinajstić information content (AvgIpc) is 2.83. The fraction of sp³-hybridized carbons (Fsp3) is 0.0435. The van der Waals surface area contributed by atoms with E-state index in [2.05, 4.69) is 5.32 Å². The molecule has 0 spiro atoms. The highest BCUT2D eigenvalue weighted by Crippen LogP contribution is 2.28. The van der Waals surface area contributed by atoms with Gasteiger partial charge in [-0.3, -0.25) is 14.9 Å². The first-order valence-electron chi connectivity index (χ1n) is 9.59. The van der Waals surface area contributed by atoms with Crippen molar-refractivity contribution in [2.24, 2.45) is 0 Å². The Bertz CT molecular complexity index is 1430. The van der Waals surface area contributed by atoms with Gasteiger partial charge in [0.25, 0.3) is 11.6 Å². The molecular weight excluding hydrogens is 462 g/mol. The van der Waals surface area contributed by atoms with Gasteiger partial charge < -0.3 is 14.2 Å². The van der Waals surface area contributed by atoms with Crippen LogP contribution in [0.4, 0.5) is 11.4 Å². The summed E-state index contributed by atoms with van der Waals surface area (Å²) < 4.78 is 35.8. The van der Waals surface area contributed by atoms with Crippen LogP contribution in [0, 0.1) is 21.4 Å². The number of rotatable bonds is 8. The van der Waals surface area contributed by atoms with Gasteiger partial charge in [-0.15, -0.1) is 0 Å². The summed E-state index contributed by atoms with van der Waals surface area (Å²) in [7, 11) is -3.01. The van der Waals surface area contributed by atoms with Crippen LogP contribution >= 0.6 is 0 Å². The highest BCUT2D eigenvalue weighted by molar-refractivity contribution is 7.87. The molecule has 1 amide bonds. The van der Waals surface area contributed by atoms with Crippen LogP contribution < -0.4 is 14.2 Å². The molecule has 3 aromatic carbocycles. The predicted molar refractivity (Wildman–Crippen MR) is 123 cm³/mol. The Kier molecular flexibility index (Phi) is 7.25. The minimum Gasteiger partial charge on any atom is -0.495 e. The minimum atomic E-state index is -4.45. The average molecular weight is 479 g/mol. The van der Waals surface area contributed by atoms with Gasteiger partial charge in [-0.25, -0.2) is 0 Å². The summed E-state index contributed by atoms with van der Waals surface area (Å²) in [6.45, 7) is 0. The maximum atomic E-state index is 12.7. The molecular formula is C23H17N3O7S. The van der Waals surface area contributed by atoms with Crippen LogP contribution in [-0.2, 0) is 14.9 Å². The van der Waals surface area contributed by atoms with E-state index in [0.717, 1.165) is 18.2 Å². The van der Waals surface area contributed by atoms with Gasteiger partial charge in [0.1, 0.15) is 28.0 Å². The second-order valence-electron chi connectivity index (χ2n) is 6.65. The zero-order chi connectivity index (χ0) is 24.7. The van der Waals surface area contributed by atoms with E-state index in [1.54, 1.807) is 36.4 Å². The van der Waals surface area contributed by atoms with E-state index in [4.69, 9.17) is 8.92 Å². The molecule has 0 atom stereocenters. The third kappa shape index (κ3) is 5.56. The molecule has 0 aliphatic heterocycles. The lowest BCUT2D eigenvalue weighted by Gasteiger charge is -2.11. The number of amides is 1. The summed E-state index contributed by atoms with van der Waals surface area (Å²) in [6.07, 6.45) is 1.17. The summed E-state index contributed by atoms with van der Waals surface area (Å²) in [5.74, 6) is -0.532. The molecule has 0 aliphatic rings. The van der Waals surface area contributed by atoms with E-state index in [1.807, 2.05) is 0 Å². The predicted octanol–water partition coefficient (Wildman–Crippen LogP) is 3.92. The van der Waals surface area contributed by atoms with Crippen LogP contribution in [-0.4, -0.2) is 26.4 Å². The molecule has 34 heavy (non-hydrogen) atoms. The molecule has 0 saturated carbocycles. The lowest BCUT2D eigenvalue weighted by atomic mass is 10.1. The van der Waals surface area contributed by atoms with Crippen LogP contribution in [0.15, 0.2) is 83.3 Å². The van der Waals surface area contributed by atoms with E-state index in [-0.39, 0.29) is 16.9 Å². The molecule has 3 rings (SSSR count). The minimum absolute atomic E-state index is 0.128. The van der Waals surface area contributed by atoms with Gasteiger partial charge in [0.15, 0.2) is 0 Å². The quantitative estimate of drug-likeness (QED) is 0.168. The van der Waals surface area contributed by atoms with Gasteiger partial charge in [0.2, 0.25) is 0 Å². The summed E-state index contributed by atoms with van der Waals surface area (Å²) in [5, 5.41) is 23.0. The van der Waals surface area contributed by atoms with E-state index in [0.29, 0.717) is 11.4 Å². The number of nitro benzene ring substituents is 1. The number of nitrogens with zero attached hydrogens (tertiary/aromatic N) is 2. The first-order chi connectivity index (χ1) is 16.2. The maximum Gasteiger partial charge on any atom is 0.339 e. The number of hydrogen-bond acceptors (Lipinski definition) is 8. The van der Waals surface area contributed by atoms with Crippen LogP contribution in [0.3, 0.4) is 0 Å². The van der Waals surface area contributed by atoms with Crippen LogP contribution in [0.25, 0.3) is 6.08 Å². The largest absolute Gasteiger partial charge is 0.495 e. The number of anilines is 1. The monoisotopic (exact) mass is 479 g/mol. The van der Waals surface area contributed by atoms with Crippen molar-refractivity contribution < 1.29 is 27.1 Å². The van der Waals surface area contributed by atoms with Gasteiger partial charge >= 0.3 is 10.1 Å². The third-order valence-corrected chi connectivity index (χ3v) is 5.69.